The average Bonchev–Trinajstić information content (AvgIpc) is 2.50. The second kappa shape index (κ2) is 10.3. The lowest BCUT2D eigenvalue weighted by Gasteiger charge is -2.08. The number of carbonyl (C=O) groups is 1. The van der Waals surface area contributed by atoms with Crippen molar-refractivity contribution in [2.24, 2.45) is 5.92 Å². The van der Waals surface area contributed by atoms with E-state index in [1.54, 1.807) is 24.3 Å². The first kappa shape index (κ1) is 17.6. The lowest BCUT2D eigenvalue weighted by molar-refractivity contribution is -0.148. The maximum atomic E-state index is 11.5. The smallest absolute Gasteiger partial charge is 0.465 e. The molecule has 0 saturated heterocycles. The topological polar surface area (TPSA) is 61.8 Å². The Morgan fingerprint density at radius 3 is 2.52 bits per heavy atom. The number of hydrogen-bond donors (Lipinski definition) is 0. The molecule has 0 aromatic heterocycles. The second-order valence-electron chi connectivity index (χ2n) is 4.65. The predicted octanol–water partition coefficient (Wildman–Crippen LogP) is 4.11. The standard InChI is InChI=1S/C15H22O5P/c1-3-13(2)15(16)18-11-7-8-12-19-21(17)20-14-9-5-4-6-10-14/h4-6,9-10,13H,3,7-8,11-12H2,1-2H3/q+1. The molecule has 0 aliphatic carbocycles. The molecule has 1 rings (SSSR count). The van der Waals surface area contributed by atoms with E-state index >= 15 is 0 Å². The van der Waals surface area contributed by atoms with Gasteiger partial charge in [0.15, 0.2) is 5.75 Å². The molecule has 0 heterocycles. The highest BCUT2D eigenvalue weighted by atomic mass is 31.1. The summed E-state index contributed by atoms with van der Waals surface area (Å²) in [6.07, 6.45) is 2.11. The summed E-state index contributed by atoms with van der Waals surface area (Å²) < 4.78 is 26.8. The predicted molar refractivity (Wildman–Crippen MR) is 80.3 cm³/mol. The van der Waals surface area contributed by atoms with Gasteiger partial charge in [-0.3, -0.25) is 4.79 Å². The maximum Gasteiger partial charge on any atom is 0.750 e. The highest BCUT2D eigenvalue weighted by molar-refractivity contribution is 7.33. The molecule has 1 aromatic carbocycles. The van der Waals surface area contributed by atoms with E-state index in [0.29, 0.717) is 31.8 Å². The highest BCUT2D eigenvalue weighted by Crippen LogP contribution is 2.27. The number of esters is 1. The van der Waals surface area contributed by atoms with Crippen molar-refractivity contribution in [3.05, 3.63) is 30.3 Å². The Bertz CT molecular complexity index is 435. The molecule has 0 aliphatic rings. The van der Waals surface area contributed by atoms with Crippen LogP contribution in [0.2, 0.25) is 0 Å². The molecule has 2 unspecified atom stereocenters. The molecule has 0 spiro atoms. The highest BCUT2D eigenvalue weighted by Gasteiger charge is 2.21. The van der Waals surface area contributed by atoms with Gasteiger partial charge in [-0.2, -0.15) is 0 Å². The van der Waals surface area contributed by atoms with Crippen LogP contribution >= 0.6 is 8.25 Å². The molecule has 21 heavy (non-hydrogen) atoms. The quantitative estimate of drug-likeness (QED) is 0.369. The monoisotopic (exact) mass is 313 g/mol. The largest absolute Gasteiger partial charge is 0.750 e. The van der Waals surface area contributed by atoms with Crippen LogP contribution in [-0.4, -0.2) is 19.2 Å². The molecular weight excluding hydrogens is 291 g/mol. The number of ether oxygens (including phenoxy) is 1. The summed E-state index contributed by atoms with van der Waals surface area (Å²) in [7, 11) is -2.16. The Morgan fingerprint density at radius 2 is 1.86 bits per heavy atom. The lowest BCUT2D eigenvalue weighted by atomic mass is 10.1. The molecule has 0 radical (unpaired) electrons. The van der Waals surface area contributed by atoms with Gasteiger partial charge in [-0.25, -0.2) is 4.52 Å². The molecule has 1 aromatic rings. The van der Waals surface area contributed by atoms with Gasteiger partial charge in [0, 0.05) is 4.57 Å². The first-order valence-corrected chi connectivity index (χ1v) is 8.22. The Morgan fingerprint density at radius 1 is 1.19 bits per heavy atom. The van der Waals surface area contributed by atoms with Crippen LogP contribution in [0.3, 0.4) is 0 Å². The van der Waals surface area contributed by atoms with Gasteiger partial charge >= 0.3 is 14.2 Å². The van der Waals surface area contributed by atoms with Gasteiger partial charge in [0.05, 0.1) is 12.5 Å². The average molecular weight is 313 g/mol. The molecule has 0 aliphatic heterocycles. The molecule has 0 fully saturated rings. The number of para-hydroxylation sites is 1. The van der Waals surface area contributed by atoms with Crippen LogP contribution in [-0.2, 0) is 18.6 Å². The number of benzene rings is 1. The summed E-state index contributed by atoms with van der Waals surface area (Å²) in [5, 5.41) is 0. The van der Waals surface area contributed by atoms with E-state index in [2.05, 4.69) is 0 Å². The summed E-state index contributed by atoms with van der Waals surface area (Å²) in [5.41, 5.74) is 0. The van der Waals surface area contributed by atoms with E-state index in [4.69, 9.17) is 13.8 Å². The zero-order chi connectivity index (χ0) is 15.5. The summed E-state index contributed by atoms with van der Waals surface area (Å²) in [6.45, 7) is 4.46. The van der Waals surface area contributed by atoms with Gasteiger partial charge in [-0.1, -0.05) is 32.0 Å². The Hall–Kier alpha value is -1.45. The first-order valence-electron chi connectivity index (χ1n) is 7.13. The lowest BCUT2D eigenvalue weighted by Crippen LogP contribution is -2.14. The van der Waals surface area contributed by atoms with Gasteiger partial charge in [0.1, 0.15) is 6.61 Å². The minimum absolute atomic E-state index is 0.0602. The van der Waals surface area contributed by atoms with Crippen LogP contribution in [0.1, 0.15) is 33.1 Å². The van der Waals surface area contributed by atoms with Crippen LogP contribution in [0, 0.1) is 5.92 Å². The fourth-order valence-electron chi connectivity index (χ4n) is 1.42. The number of carbonyl (C=O) groups excluding carboxylic acids is 1. The zero-order valence-corrected chi connectivity index (χ0v) is 13.4. The van der Waals surface area contributed by atoms with Gasteiger partial charge < -0.3 is 4.74 Å². The summed E-state index contributed by atoms with van der Waals surface area (Å²) >= 11 is 0. The van der Waals surface area contributed by atoms with Gasteiger partial charge in [-0.05, 0) is 31.4 Å². The van der Waals surface area contributed by atoms with E-state index < -0.39 is 8.25 Å². The van der Waals surface area contributed by atoms with Crippen LogP contribution in [0.5, 0.6) is 5.75 Å². The fourth-order valence-corrected chi connectivity index (χ4v) is 2.04. The normalized spacial score (nSPS) is 12.6. The second-order valence-corrected chi connectivity index (χ2v) is 5.53. The van der Waals surface area contributed by atoms with Crippen molar-refractivity contribution in [1.29, 1.82) is 0 Å². The van der Waals surface area contributed by atoms with Crippen LogP contribution in [0.15, 0.2) is 30.3 Å². The van der Waals surface area contributed by atoms with E-state index in [1.165, 1.54) is 0 Å². The Balaban J connectivity index is 2.04. The number of rotatable bonds is 10. The molecule has 0 amide bonds. The van der Waals surface area contributed by atoms with Crippen molar-refractivity contribution in [2.45, 2.75) is 33.1 Å². The summed E-state index contributed by atoms with van der Waals surface area (Å²) in [4.78, 5) is 11.4. The van der Waals surface area contributed by atoms with Gasteiger partial charge in [-0.15, -0.1) is 4.52 Å². The van der Waals surface area contributed by atoms with Gasteiger partial charge in [0.25, 0.3) is 0 Å². The SMILES string of the molecule is CCC(C)C(=O)OCCCCO[P+](=O)Oc1ccccc1. The van der Waals surface area contributed by atoms with E-state index in [9.17, 15) is 9.36 Å². The molecule has 0 saturated carbocycles. The van der Waals surface area contributed by atoms with Crippen molar-refractivity contribution >= 4 is 14.2 Å². The van der Waals surface area contributed by atoms with Crippen molar-refractivity contribution < 1.29 is 23.1 Å². The summed E-state index contributed by atoms with van der Waals surface area (Å²) in [6, 6.07) is 8.87. The molecule has 0 bridgehead atoms. The van der Waals surface area contributed by atoms with Crippen molar-refractivity contribution in [2.75, 3.05) is 13.2 Å². The number of hydrogen-bond acceptors (Lipinski definition) is 5. The maximum absolute atomic E-state index is 11.5. The first-order chi connectivity index (χ1) is 10.1. The van der Waals surface area contributed by atoms with Gasteiger partial charge in [0.2, 0.25) is 0 Å². The molecule has 116 valence electrons. The van der Waals surface area contributed by atoms with Crippen LogP contribution in [0.25, 0.3) is 0 Å². The third kappa shape index (κ3) is 7.78. The fraction of sp³-hybridized carbons (Fsp3) is 0.533. The Labute approximate surface area is 126 Å². The number of unbranched alkanes of at least 4 members (excludes halogenated alkanes) is 1. The van der Waals surface area contributed by atoms with Crippen molar-refractivity contribution in [3.8, 4) is 5.75 Å². The molecule has 0 N–H and O–H groups in total. The van der Waals surface area contributed by atoms with E-state index in [1.807, 2.05) is 19.9 Å². The van der Waals surface area contributed by atoms with Crippen molar-refractivity contribution in [3.63, 3.8) is 0 Å². The van der Waals surface area contributed by atoms with Crippen LogP contribution < -0.4 is 4.52 Å². The molecule has 5 nitrogen and oxygen atoms in total. The molecule has 2 atom stereocenters. The van der Waals surface area contributed by atoms with Crippen LogP contribution in [0.4, 0.5) is 0 Å². The third-order valence-corrected chi connectivity index (χ3v) is 3.67. The van der Waals surface area contributed by atoms with E-state index in [0.717, 1.165) is 6.42 Å². The van der Waals surface area contributed by atoms with E-state index in [-0.39, 0.29) is 11.9 Å². The minimum Gasteiger partial charge on any atom is -0.465 e. The molecular formula is C15H22O5P+. The zero-order valence-electron chi connectivity index (χ0n) is 12.5. The minimum atomic E-state index is -2.16. The Kier molecular flexibility index (Phi) is 8.63. The molecule has 6 heteroatoms. The summed E-state index contributed by atoms with van der Waals surface area (Å²) in [5.74, 6) is 0.285. The van der Waals surface area contributed by atoms with Crippen molar-refractivity contribution in [1.82, 2.24) is 0 Å². The third-order valence-electron chi connectivity index (χ3n) is 2.92.